The third-order valence-corrected chi connectivity index (χ3v) is 7.36. The highest BCUT2D eigenvalue weighted by Crippen LogP contribution is 2.35. The molecule has 2 N–H and O–H groups in total. The van der Waals surface area contributed by atoms with Crippen LogP contribution < -0.4 is 10.6 Å². The Morgan fingerprint density at radius 3 is 2.59 bits per heavy atom. The largest absolute Gasteiger partial charge is 0.416 e. The number of likely N-dealkylation sites (N-methyl/N-ethyl adjacent to an activating group) is 1. The number of aryl methyl sites for hydroxylation is 1. The molecule has 1 fully saturated rings. The Morgan fingerprint density at radius 1 is 1.00 bits per heavy atom. The van der Waals surface area contributed by atoms with Crippen LogP contribution in [0.15, 0.2) is 61.2 Å². The average molecular weight is 564 g/mol. The van der Waals surface area contributed by atoms with Crippen LogP contribution in [0.5, 0.6) is 0 Å². The zero-order valence-corrected chi connectivity index (χ0v) is 22.5. The summed E-state index contributed by atoms with van der Waals surface area (Å²) in [7, 11) is 3.75. The number of halogens is 3. The second-order valence-electron chi connectivity index (χ2n) is 10.2. The fourth-order valence-electron chi connectivity index (χ4n) is 5.14. The second kappa shape index (κ2) is 10.5. The first-order valence-corrected chi connectivity index (χ1v) is 13.1. The van der Waals surface area contributed by atoms with E-state index in [0.29, 0.717) is 24.1 Å². The quantitative estimate of drug-likeness (QED) is 0.322. The molecule has 1 aliphatic heterocycles. The van der Waals surface area contributed by atoms with Crippen LogP contribution in [0, 0.1) is 0 Å². The Kier molecular flexibility index (Phi) is 6.83. The van der Waals surface area contributed by atoms with Gasteiger partial charge in [-0.1, -0.05) is 12.1 Å². The van der Waals surface area contributed by atoms with Crippen molar-refractivity contribution in [2.24, 2.45) is 7.05 Å². The van der Waals surface area contributed by atoms with Crippen molar-refractivity contribution in [1.82, 2.24) is 33.9 Å². The number of nitrogens with one attached hydrogen (secondary N) is 2. The number of piperazine rings is 1. The fourth-order valence-corrected chi connectivity index (χ4v) is 5.14. The van der Waals surface area contributed by atoms with Gasteiger partial charge in [-0.05, 0) is 36.9 Å². The summed E-state index contributed by atoms with van der Waals surface area (Å²) >= 11 is 0. The number of aromatic nitrogens is 5. The van der Waals surface area contributed by atoms with E-state index < -0.39 is 17.8 Å². The van der Waals surface area contributed by atoms with Crippen molar-refractivity contribution in [2.45, 2.75) is 12.7 Å². The molecule has 0 radical (unpaired) electrons. The van der Waals surface area contributed by atoms with Crippen LogP contribution in [-0.2, 0) is 19.8 Å². The van der Waals surface area contributed by atoms with Gasteiger partial charge in [0.05, 0.1) is 29.2 Å². The van der Waals surface area contributed by atoms with Gasteiger partial charge in [0.15, 0.2) is 11.5 Å². The van der Waals surface area contributed by atoms with Gasteiger partial charge >= 0.3 is 12.2 Å². The Hall–Kier alpha value is -4.49. The molecule has 0 aliphatic carbocycles. The zero-order chi connectivity index (χ0) is 28.7. The van der Waals surface area contributed by atoms with Crippen LogP contribution in [0.4, 0.5) is 29.5 Å². The van der Waals surface area contributed by atoms with Crippen molar-refractivity contribution in [2.75, 3.05) is 43.9 Å². The molecule has 2 aromatic carbocycles. The molecule has 1 aliphatic rings. The number of anilines is 2. The van der Waals surface area contributed by atoms with Gasteiger partial charge in [0, 0.05) is 68.8 Å². The van der Waals surface area contributed by atoms with E-state index in [2.05, 4.69) is 30.6 Å². The Bertz CT molecular complexity index is 1740. The summed E-state index contributed by atoms with van der Waals surface area (Å²) in [6.45, 7) is 3.22. The molecule has 6 rings (SSSR count). The van der Waals surface area contributed by atoms with E-state index in [4.69, 9.17) is 0 Å². The highest BCUT2D eigenvalue weighted by Gasteiger charge is 2.34. The zero-order valence-electron chi connectivity index (χ0n) is 22.5. The van der Waals surface area contributed by atoms with Crippen LogP contribution in [-0.4, -0.2) is 73.2 Å². The number of rotatable bonds is 5. The van der Waals surface area contributed by atoms with E-state index in [-0.39, 0.29) is 23.6 Å². The maximum Gasteiger partial charge on any atom is 0.416 e. The van der Waals surface area contributed by atoms with Crippen molar-refractivity contribution in [3.63, 3.8) is 0 Å². The lowest BCUT2D eigenvalue weighted by Gasteiger charge is -2.33. The molecule has 5 aromatic rings. The van der Waals surface area contributed by atoms with Crippen LogP contribution >= 0.6 is 0 Å². The number of nitrogens with zero attached hydrogens (tertiary/aromatic N) is 7. The van der Waals surface area contributed by atoms with Crippen molar-refractivity contribution in [3.8, 4) is 11.3 Å². The van der Waals surface area contributed by atoms with E-state index >= 15 is 0 Å². The van der Waals surface area contributed by atoms with Gasteiger partial charge in [-0.2, -0.15) is 18.3 Å². The number of benzene rings is 2. The molecule has 1 saturated heterocycles. The van der Waals surface area contributed by atoms with E-state index in [0.717, 1.165) is 35.9 Å². The predicted octanol–water partition coefficient (Wildman–Crippen LogP) is 4.69. The molecule has 41 heavy (non-hydrogen) atoms. The van der Waals surface area contributed by atoms with E-state index in [1.54, 1.807) is 30.3 Å². The van der Waals surface area contributed by atoms with Gasteiger partial charge in [-0.15, -0.1) is 0 Å². The third-order valence-electron chi connectivity index (χ3n) is 7.36. The second-order valence-corrected chi connectivity index (χ2v) is 10.2. The van der Waals surface area contributed by atoms with Gasteiger partial charge in [0.2, 0.25) is 0 Å². The van der Waals surface area contributed by atoms with Crippen LogP contribution in [0.25, 0.3) is 27.8 Å². The lowest BCUT2D eigenvalue weighted by Crippen LogP contribution is -2.44. The molecule has 3 aromatic heterocycles. The van der Waals surface area contributed by atoms with Crippen molar-refractivity contribution < 1.29 is 18.0 Å². The minimum atomic E-state index is -4.55. The molecule has 13 heteroatoms. The van der Waals surface area contributed by atoms with E-state index in [9.17, 15) is 18.0 Å². The van der Waals surface area contributed by atoms with Gasteiger partial charge in [-0.25, -0.2) is 9.78 Å². The summed E-state index contributed by atoms with van der Waals surface area (Å²) in [6.07, 6.45) is 2.38. The number of amides is 2. The molecule has 10 nitrogen and oxygen atoms in total. The highest BCUT2D eigenvalue weighted by molar-refractivity contribution is 6.05. The summed E-state index contributed by atoms with van der Waals surface area (Å²) < 4.78 is 45.4. The Balaban J connectivity index is 1.20. The SMILES string of the molecule is CN1CCN(Cc2ccc(NC(=O)Nc3nn(C)c4cc(-c5cnc6cnccn56)ccc34)cc2C(F)(F)F)CC1. The highest BCUT2D eigenvalue weighted by atomic mass is 19.4. The van der Waals surface area contributed by atoms with Gasteiger partial charge in [-0.3, -0.25) is 24.3 Å². The summed E-state index contributed by atoms with van der Waals surface area (Å²) in [6, 6.07) is 8.89. The molecule has 0 unspecified atom stereocenters. The molecule has 0 spiro atoms. The minimum absolute atomic E-state index is 0.0431. The number of carbonyl (C=O) groups excluding carboxylic acids is 1. The van der Waals surface area contributed by atoms with Crippen LogP contribution in [0.3, 0.4) is 0 Å². The molecule has 0 atom stereocenters. The number of imidazole rings is 1. The van der Waals surface area contributed by atoms with Crippen molar-refractivity contribution in [3.05, 3.63) is 72.3 Å². The molecule has 0 saturated carbocycles. The van der Waals surface area contributed by atoms with Crippen LogP contribution in [0.2, 0.25) is 0 Å². The van der Waals surface area contributed by atoms with Gasteiger partial charge in [0.25, 0.3) is 0 Å². The minimum Gasteiger partial charge on any atom is -0.308 e. The summed E-state index contributed by atoms with van der Waals surface area (Å²) in [4.78, 5) is 25.5. The molecule has 212 valence electrons. The lowest BCUT2D eigenvalue weighted by atomic mass is 10.0. The third kappa shape index (κ3) is 5.45. The standard InChI is InChI=1S/C28H28F3N9O/c1-37-9-11-39(12-10-37)17-19-3-5-20(14-22(19)28(29,30)31)34-27(41)35-26-21-6-4-18(13-23(21)38(2)36-26)24-15-33-25-16-32-7-8-40(24)25/h3-8,13-16H,9-12,17H2,1-2H3,(H2,34,35,36,41). The van der Waals surface area contributed by atoms with Gasteiger partial charge < -0.3 is 10.2 Å². The maximum absolute atomic E-state index is 14.0. The first-order valence-electron chi connectivity index (χ1n) is 13.1. The Morgan fingerprint density at radius 2 is 1.80 bits per heavy atom. The predicted molar refractivity (Wildman–Crippen MR) is 150 cm³/mol. The maximum atomic E-state index is 14.0. The summed E-state index contributed by atoms with van der Waals surface area (Å²) in [5.74, 6) is 0.289. The summed E-state index contributed by atoms with van der Waals surface area (Å²) in [5.41, 5.74) is 2.71. The fraction of sp³-hybridized carbons (Fsp3) is 0.286. The molecule has 0 bridgehead atoms. The normalized spacial score (nSPS) is 15.0. The van der Waals surface area contributed by atoms with E-state index in [1.165, 1.54) is 12.1 Å². The molecular formula is C28H28F3N9O. The molecular weight excluding hydrogens is 535 g/mol. The first-order chi connectivity index (χ1) is 19.7. The smallest absolute Gasteiger partial charge is 0.308 e. The number of alkyl halides is 3. The number of hydrogen-bond donors (Lipinski definition) is 2. The number of urea groups is 1. The summed E-state index contributed by atoms with van der Waals surface area (Å²) in [5, 5.41) is 10.3. The van der Waals surface area contributed by atoms with Crippen molar-refractivity contribution in [1.29, 1.82) is 0 Å². The van der Waals surface area contributed by atoms with E-state index in [1.807, 2.05) is 40.7 Å². The lowest BCUT2D eigenvalue weighted by molar-refractivity contribution is -0.138. The molecule has 4 heterocycles. The van der Waals surface area contributed by atoms with Crippen molar-refractivity contribution >= 4 is 34.1 Å². The van der Waals surface area contributed by atoms with Gasteiger partial charge in [0.1, 0.15) is 0 Å². The topological polar surface area (TPSA) is 95.6 Å². The Labute approximate surface area is 233 Å². The number of fused-ring (bicyclic) bond motifs is 2. The average Bonchev–Trinajstić information content (AvgIpc) is 3.51. The van der Waals surface area contributed by atoms with Crippen LogP contribution in [0.1, 0.15) is 11.1 Å². The number of carbonyl (C=O) groups is 1. The molecule has 2 amide bonds. The number of hydrogen-bond acceptors (Lipinski definition) is 6. The first kappa shape index (κ1) is 26.7. The monoisotopic (exact) mass is 563 g/mol.